The molecule has 0 aromatic rings. The molecule has 2 fully saturated rings. The summed E-state index contributed by atoms with van der Waals surface area (Å²) in [5.41, 5.74) is 17.0. The zero-order chi connectivity index (χ0) is 7.35. The molecular formula is C6H13N3O. The van der Waals surface area contributed by atoms with E-state index in [4.69, 9.17) is 21.9 Å². The molecule has 2 aliphatic rings. The number of hydrogen-bond donors (Lipinski definition) is 3. The Morgan fingerprint density at radius 1 is 1.40 bits per heavy atom. The molecule has 0 amide bonds. The molecule has 1 saturated heterocycles. The van der Waals surface area contributed by atoms with Gasteiger partial charge in [0.2, 0.25) is 0 Å². The van der Waals surface area contributed by atoms with Gasteiger partial charge in [0.05, 0.1) is 18.8 Å². The number of nitrogens with two attached hydrogens (primary N) is 3. The van der Waals surface area contributed by atoms with E-state index in [1.807, 2.05) is 0 Å². The van der Waals surface area contributed by atoms with Gasteiger partial charge >= 0.3 is 0 Å². The van der Waals surface area contributed by atoms with Crippen molar-refractivity contribution in [2.45, 2.75) is 17.6 Å². The third kappa shape index (κ3) is 0.594. The third-order valence-corrected chi connectivity index (χ3v) is 2.64. The SMILES string of the molecule is NC1COCC2(N)C(N)C12. The summed E-state index contributed by atoms with van der Waals surface area (Å²) >= 11 is 0. The van der Waals surface area contributed by atoms with E-state index < -0.39 is 0 Å². The van der Waals surface area contributed by atoms with E-state index >= 15 is 0 Å². The van der Waals surface area contributed by atoms with Crippen molar-refractivity contribution in [3.8, 4) is 0 Å². The second-order valence-electron chi connectivity index (χ2n) is 3.34. The Morgan fingerprint density at radius 3 is 2.60 bits per heavy atom. The van der Waals surface area contributed by atoms with Crippen LogP contribution in [-0.4, -0.2) is 30.8 Å². The van der Waals surface area contributed by atoms with Crippen molar-refractivity contribution in [2.75, 3.05) is 13.2 Å². The van der Waals surface area contributed by atoms with Gasteiger partial charge in [-0.25, -0.2) is 0 Å². The molecule has 58 valence electrons. The summed E-state index contributed by atoms with van der Waals surface area (Å²) in [4.78, 5) is 0. The predicted octanol–water partition coefficient (Wildman–Crippen LogP) is -2.00. The highest BCUT2D eigenvalue weighted by atomic mass is 16.5. The first-order chi connectivity index (χ1) is 4.66. The van der Waals surface area contributed by atoms with Gasteiger partial charge < -0.3 is 21.9 Å². The quantitative estimate of drug-likeness (QED) is 0.366. The van der Waals surface area contributed by atoms with Crippen LogP contribution in [0.5, 0.6) is 0 Å². The van der Waals surface area contributed by atoms with Crippen LogP contribution in [0.3, 0.4) is 0 Å². The Balaban J connectivity index is 2.13. The van der Waals surface area contributed by atoms with Crippen LogP contribution in [0.15, 0.2) is 0 Å². The lowest BCUT2D eigenvalue weighted by Gasteiger charge is -2.22. The lowest BCUT2D eigenvalue weighted by Crippen LogP contribution is -2.45. The normalized spacial score (nSPS) is 59.7. The van der Waals surface area contributed by atoms with Crippen molar-refractivity contribution in [2.24, 2.45) is 23.1 Å². The summed E-state index contributed by atoms with van der Waals surface area (Å²) in [5, 5.41) is 0. The molecule has 2 rings (SSSR count). The number of rotatable bonds is 0. The highest BCUT2D eigenvalue weighted by Gasteiger charge is 2.64. The minimum absolute atomic E-state index is 0.0498. The van der Waals surface area contributed by atoms with E-state index in [1.54, 1.807) is 0 Å². The minimum atomic E-state index is -0.294. The van der Waals surface area contributed by atoms with Crippen LogP contribution in [0.25, 0.3) is 0 Å². The molecule has 0 bridgehead atoms. The fourth-order valence-electron chi connectivity index (χ4n) is 1.85. The van der Waals surface area contributed by atoms with E-state index in [0.29, 0.717) is 19.1 Å². The second-order valence-corrected chi connectivity index (χ2v) is 3.34. The molecule has 1 aliphatic heterocycles. The maximum atomic E-state index is 5.86. The maximum Gasteiger partial charge on any atom is 0.0666 e. The molecule has 1 aliphatic carbocycles. The maximum absolute atomic E-state index is 5.86. The van der Waals surface area contributed by atoms with E-state index in [0.717, 1.165) is 0 Å². The van der Waals surface area contributed by atoms with Gasteiger partial charge in [-0.2, -0.15) is 0 Å². The van der Waals surface area contributed by atoms with Crippen LogP contribution in [-0.2, 0) is 4.74 Å². The van der Waals surface area contributed by atoms with Crippen LogP contribution in [0.1, 0.15) is 0 Å². The van der Waals surface area contributed by atoms with E-state index in [2.05, 4.69) is 0 Å². The van der Waals surface area contributed by atoms with Gasteiger partial charge in [0.15, 0.2) is 0 Å². The Morgan fingerprint density at radius 2 is 2.10 bits per heavy atom. The lowest BCUT2D eigenvalue weighted by atomic mass is 10.1. The molecule has 4 unspecified atom stereocenters. The summed E-state index contributed by atoms with van der Waals surface area (Å²) in [7, 11) is 0. The van der Waals surface area contributed by atoms with Crippen molar-refractivity contribution in [3.05, 3.63) is 0 Å². The fraction of sp³-hybridized carbons (Fsp3) is 1.00. The first-order valence-electron chi connectivity index (χ1n) is 3.54. The molecule has 0 aromatic carbocycles. The molecule has 1 heterocycles. The molecule has 4 nitrogen and oxygen atoms in total. The van der Waals surface area contributed by atoms with Gasteiger partial charge in [-0.15, -0.1) is 0 Å². The minimum Gasteiger partial charge on any atom is -0.378 e. The number of hydrogen-bond acceptors (Lipinski definition) is 4. The van der Waals surface area contributed by atoms with Gasteiger partial charge in [-0.3, -0.25) is 0 Å². The highest BCUT2D eigenvalue weighted by Crippen LogP contribution is 2.44. The molecule has 0 aromatic heterocycles. The van der Waals surface area contributed by atoms with Gasteiger partial charge in [-0.05, 0) is 0 Å². The van der Waals surface area contributed by atoms with Gasteiger partial charge in [0.25, 0.3) is 0 Å². The molecule has 10 heavy (non-hydrogen) atoms. The van der Waals surface area contributed by atoms with E-state index in [1.165, 1.54) is 0 Å². The van der Waals surface area contributed by atoms with Gasteiger partial charge in [0, 0.05) is 18.0 Å². The molecular weight excluding hydrogens is 130 g/mol. The number of ether oxygens (including phenoxy) is 1. The molecule has 4 atom stereocenters. The van der Waals surface area contributed by atoms with Crippen molar-refractivity contribution >= 4 is 0 Å². The largest absolute Gasteiger partial charge is 0.378 e. The van der Waals surface area contributed by atoms with Crippen molar-refractivity contribution in [1.29, 1.82) is 0 Å². The second kappa shape index (κ2) is 1.71. The Bertz CT molecular complexity index is 159. The van der Waals surface area contributed by atoms with Gasteiger partial charge in [-0.1, -0.05) is 0 Å². The summed E-state index contributed by atoms with van der Waals surface area (Å²) in [6, 6.07) is 0.110. The molecule has 6 N–H and O–H groups in total. The topological polar surface area (TPSA) is 87.3 Å². The standard InChI is InChI=1S/C6H13N3O/c7-3-1-10-2-6(9)4(3)5(6)8/h3-5H,1-2,7-9H2. The van der Waals surface area contributed by atoms with Crippen LogP contribution in [0, 0.1) is 5.92 Å². The average molecular weight is 143 g/mol. The molecule has 0 radical (unpaired) electrons. The van der Waals surface area contributed by atoms with Gasteiger partial charge in [0.1, 0.15) is 0 Å². The zero-order valence-electron chi connectivity index (χ0n) is 5.79. The van der Waals surface area contributed by atoms with Crippen molar-refractivity contribution in [3.63, 3.8) is 0 Å². The third-order valence-electron chi connectivity index (χ3n) is 2.64. The first-order valence-corrected chi connectivity index (χ1v) is 3.54. The fourth-order valence-corrected chi connectivity index (χ4v) is 1.85. The van der Waals surface area contributed by atoms with Crippen LogP contribution in [0.4, 0.5) is 0 Å². The highest BCUT2D eigenvalue weighted by molar-refractivity contribution is 5.24. The van der Waals surface area contributed by atoms with Crippen molar-refractivity contribution < 1.29 is 4.74 Å². The smallest absolute Gasteiger partial charge is 0.0666 e. The van der Waals surface area contributed by atoms with E-state index in [-0.39, 0.29) is 17.6 Å². The summed E-state index contributed by atoms with van der Waals surface area (Å²) < 4.78 is 5.18. The van der Waals surface area contributed by atoms with Crippen molar-refractivity contribution in [1.82, 2.24) is 0 Å². The van der Waals surface area contributed by atoms with Crippen LogP contribution in [0.2, 0.25) is 0 Å². The average Bonchev–Trinajstić information content (AvgIpc) is 2.38. The van der Waals surface area contributed by atoms with E-state index in [9.17, 15) is 0 Å². The first kappa shape index (κ1) is 6.54. The predicted molar refractivity (Wildman–Crippen MR) is 37.2 cm³/mol. The molecule has 0 spiro atoms. The lowest BCUT2D eigenvalue weighted by molar-refractivity contribution is 0.0634. The summed E-state index contributed by atoms with van der Waals surface area (Å²) in [5.74, 6) is 0.293. The Hall–Kier alpha value is -0.160. The summed E-state index contributed by atoms with van der Waals surface area (Å²) in [6.07, 6.45) is 0. The monoisotopic (exact) mass is 143 g/mol. The molecule has 4 heteroatoms. The van der Waals surface area contributed by atoms with Crippen LogP contribution >= 0.6 is 0 Å². The summed E-state index contributed by atoms with van der Waals surface area (Å²) in [6.45, 7) is 1.18. The Kier molecular flexibility index (Phi) is 1.12. The number of fused-ring (bicyclic) bond motifs is 1. The Labute approximate surface area is 59.7 Å². The molecule has 1 saturated carbocycles. The zero-order valence-corrected chi connectivity index (χ0v) is 5.79. The van der Waals surface area contributed by atoms with Crippen LogP contribution < -0.4 is 17.2 Å².